The Morgan fingerprint density at radius 3 is 1.17 bits per heavy atom. The molecule has 0 spiro atoms. The average Bonchev–Trinajstić information content (AvgIpc) is 2.68. The summed E-state index contributed by atoms with van der Waals surface area (Å²) in [6.45, 7) is 8.95. The molecule has 0 saturated heterocycles. The Bertz CT molecular complexity index is 893. The lowest BCUT2D eigenvalue weighted by atomic mass is 9.68. The maximum absolute atomic E-state index is 9.76. The quantitative estimate of drug-likeness (QED) is 0.414. The van der Waals surface area contributed by atoms with Gasteiger partial charge in [0.15, 0.2) is 0 Å². The fourth-order valence-electron chi connectivity index (χ4n) is 4.35. The lowest BCUT2D eigenvalue weighted by molar-refractivity contribution is 0.349. The van der Waals surface area contributed by atoms with Crippen molar-refractivity contribution in [1.29, 1.82) is 0 Å². The normalized spacial score (nSPS) is 12.3. The van der Waals surface area contributed by atoms with Crippen LogP contribution in [0, 0.1) is 0 Å². The Morgan fingerprint density at radius 2 is 0.833 bits per heavy atom. The van der Waals surface area contributed by atoms with Gasteiger partial charge in [0.1, 0.15) is 17.2 Å². The third kappa shape index (κ3) is 5.15. The van der Waals surface area contributed by atoms with Crippen LogP contribution in [0.15, 0.2) is 72.8 Å². The monoisotopic (exact) mass is 404 g/mol. The lowest BCUT2D eigenvalue weighted by Crippen LogP contribution is -2.26. The van der Waals surface area contributed by atoms with Crippen molar-refractivity contribution in [2.75, 3.05) is 0 Å². The number of rotatable bonds is 7. The molecule has 0 fully saturated rings. The molecule has 0 aliphatic carbocycles. The standard InChI is InChI=1S/C27H32O3/c1-26(2,21-7-13-24(29)14-8-21)17-20(19-5-11-23(28)12-6-19)18-27(3,4)22-9-15-25(30)16-10-22/h5-16,20,28-30H,17-18H2,1-4H3. The minimum atomic E-state index is -0.0959. The first-order valence-electron chi connectivity index (χ1n) is 10.4. The van der Waals surface area contributed by atoms with Crippen LogP contribution in [0.5, 0.6) is 17.2 Å². The van der Waals surface area contributed by atoms with E-state index < -0.39 is 0 Å². The molecule has 0 aromatic heterocycles. The van der Waals surface area contributed by atoms with Gasteiger partial charge in [0.25, 0.3) is 0 Å². The molecule has 0 bridgehead atoms. The van der Waals surface area contributed by atoms with Crippen LogP contribution in [0.4, 0.5) is 0 Å². The predicted molar refractivity (Wildman–Crippen MR) is 122 cm³/mol. The number of aromatic hydroxyl groups is 3. The van der Waals surface area contributed by atoms with E-state index in [9.17, 15) is 15.3 Å². The molecule has 3 aromatic rings. The largest absolute Gasteiger partial charge is 0.508 e. The van der Waals surface area contributed by atoms with E-state index in [1.165, 1.54) is 16.7 Å². The summed E-state index contributed by atoms with van der Waals surface area (Å²) in [5.74, 6) is 1.09. The van der Waals surface area contributed by atoms with Gasteiger partial charge in [-0.25, -0.2) is 0 Å². The molecule has 0 unspecified atom stereocenters. The van der Waals surface area contributed by atoms with Crippen molar-refractivity contribution >= 4 is 0 Å². The highest BCUT2D eigenvalue weighted by atomic mass is 16.3. The third-order valence-corrected chi connectivity index (χ3v) is 6.18. The van der Waals surface area contributed by atoms with Gasteiger partial charge < -0.3 is 15.3 Å². The number of benzene rings is 3. The fraction of sp³-hybridized carbons (Fsp3) is 0.333. The van der Waals surface area contributed by atoms with Crippen molar-refractivity contribution in [2.24, 2.45) is 0 Å². The van der Waals surface area contributed by atoms with Gasteiger partial charge in [0, 0.05) is 0 Å². The Morgan fingerprint density at radius 1 is 0.533 bits per heavy atom. The molecule has 3 rings (SSSR count). The van der Waals surface area contributed by atoms with E-state index in [1.54, 1.807) is 36.4 Å². The number of phenolic OH excluding ortho intramolecular Hbond substituents is 3. The van der Waals surface area contributed by atoms with Crippen LogP contribution in [-0.4, -0.2) is 15.3 Å². The zero-order valence-corrected chi connectivity index (χ0v) is 18.3. The molecule has 0 aliphatic rings. The summed E-state index contributed by atoms with van der Waals surface area (Å²) in [5.41, 5.74) is 3.38. The highest BCUT2D eigenvalue weighted by Crippen LogP contribution is 2.43. The summed E-state index contributed by atoms with van der Waals surface area (Å²) < 4.78 is 0. The minimum absolute atomic E-state index is 0.0959. The van der Waals surface area contributed by atoms with Crippen molar-refractivity contribution < 1.29 is 15.3 Å². The zero-order valence-electron chi connectivity index (χ0n) is 18.3. The van der Waals surface area contributed by atoms with E-state index in [-0.39, 0.29) is 34.0 Å². The van der Waals surface area contributed by atoms with E-state index in [0.717, 1.165) is 12.8 Å². The summed E-state index contributed by atoms with van der Waals surface area (Å²) in [6, 6.07) is 22.5. The predicted octanol–water partition coefficient (Wildman–Crippen LogP) is 6.62. The number of phenols is 3. The van der Waals surface area contributed by atoms with Gasteiger partial charge in [-0.15, -0.1) is 0 Å². The van der Waals surface area contributed by atoms with Crippen molar-refractivity contribution in [2.45, 2.75) is 57.3 Å². The van der Waals surface area contributed by atoms with Crippen LogP contribution in [0.1, 0.15) is 63.1 Å². The molecule has 3 N–H and O–H groups in total. The average molecular weight is 405 g/mol. The Balaban J connectivity index is 1.93. The van der Waals surface area contributed by atoms with Crippen LogP contribution >= 0.6 is 0 Å². The number of hydrogen-bond donors (Lipinski definition) is 3. The van der Waals surface area contributed by atoms with Gasteiger partial charge in [-0.3, -0.25) is 0 Å². The van der Waals surface area contributed by atoms with Gasteiger partial charge in [0.05, 0.1) is 0 Å². The van der Waals surface area contributed by atoms with E-state index in [4.69, 9.17) is 0 Å². The minimum Gasteiger partial charge on any atom is -0.508 e. The molecule has 0 heterocycles. The van der Waals surface area contributed by atoms with Gasteiger partial charge >= 0.3 is 0 Å². The van der Waals surface area contributed by atoms with Gasteiger partial charge in [0.2, 0.25) is 0 Å². The molecule has 3 aromatic carbocycles. The van der Waals surface area contributed by atoms with Crippen molar-refractivity contribution in [3.8, 4) is 17.2 Å². The summed E-state index contributed by atoms with van der Waals surface area (Å²) >= 11 is 0. The first-order valence-corrected chi connectivity index (χ1v) is 10.4. The smallest absolute Gasteiger partial charge is 0.115 e. The lowest BCUT2D eigenvalue weighted by Gasteiger charge is -2.36. The van der Waals surface area contributed by atoms with Crippen LogP contribution in [0.3, 0.4) is 0 Å². The SMILES string of the molecule is CC(C)(CC(CC(C)(C)c1ccc(O)cc1)c1ccc(O)cc1)c1ccc(O)cc1. The molecular weight excluding hydrogens is 372 g/mol. The molecule has 0 saturated carbocycles. The Labute approximate surface area is 179 Å². The topological polar surface area (TPSA) is 60.7 Å². The number of hydrogen-bond acceptors (Lipinski definition) is 3. The van der Waals surface area contributed by atoms with E-state index in [0.29, 0.717) is 0 Å². The van der Waals surface area contributed by atoms with Crippen LogP contribution < -0.4 is 0 Å². The van der Waals surface area contributed by atoms with Crippen molar-refractivity contribution in [1.82, 2.24) is 0 Å². The van der Waals surface area contributed by atoms with Gasteiger partial charge in [-0.05, 0) is 82.7 Å². The molecule has 0 radical (unpaired) electrons. The van der Waals surface area contributed by atoms with E-state index in [2.05, 4.69) is 27.7 Å². The van der Waals surface area contributed by atoms with Gasteiger partial charge in [-0.1, -0.05) is 64.1 Å². The molecule has 158 valence electrons. The van der Waals surface area contributed by atoms with E-state index >= 15 is 0 Å². The second kappa shape index (κ2) is 8.43. The van der Waals surface area contributed by atoms with Crippen molar-refractivity contribution in [3.05, 3.63) is 89.5 Å². The van der Waals surface area contributed by atoms with Crippen LogP contribution in [-0.2, 0) is 10.8 Å². The van der Waals surface area contributed by atoms with Gasteiger partial charge in [-0.2, -0.15) is 0 Å². The Kier molecular flexibility index (Phi) is 6.12. The Hall–Kier alpha value is -2.94. The third-order valence-electron chi connectivity index (χ3n) is 6.18. The second-order valence-corrected chi connectivity index (χ2v) is 9.56. The van der Waals surface area contributed by atoms with Crippen LogP contribution in [0.2, 0.25) is 0 Å². The molecule has 0 aliphatic heterocycles. The summed E-state index contributed by atoms with van der Waals surface area (Å²) in [6.07, 6.45) is 1.84. The van der Waals surface area contributed by atoms with E-state index in [1.807, 2.05) is 36.4 Å². The second-order valence-electron chi connectivity index (χ2n) is 9.56. The first-order chi connectivity index (χ1) is 14.1. The van der Waals surface area contributed by atoms with Crippen LogP contribution in [0.25, 0.3) is 0 Å². The highest BCUT2D eigenvalue weighted by Gasteiger charge is 2.31. The fourth-order valence-corrected chi connectivity index (χ4v) is 4.35. The molecule has 30 heavy (non-hydrogen) atoms. The molecule has 3 heteroatoms. The first kappa shape index (κ1) is 21.8. The molecule has 0 amide bonds. The summed E-state index contributed by atoms with van der Waals surface area (Å²) in [4.78, 5) is 0. The molecule has 0 atom stereocenters. The molecule has 3 nitrogen and oxygen atoms in total. The zero-order chi connectivity index (χ0) is 21.9. The maximum Gasteiger partial charge on any atom is 0.115 e. The van der Waals surface area contributed by atoms with Crippen molar-refractivity contribution in [3.63, 3.8) is 0 Å². The molecular formula is C27H32O3. The summed E-state index contributed by atoms with van der Waals surface area (Å²) in [7, 11) is 0. The highest BCUT2D eigenvalue weighted by molar-refractivity contribution is 5.35. The maximum atomic E-state index is 9.76. The summed E-state index contributed by atoms with van der Waals surface area (Å²) in [5, 5.41) is 29.1.